The second-order valence-electron chi connectivity index (χ2n) is 4.32. The summed E-state index contributed by atoms with van der Waals surface area (Å²) in [6.07, 6.45) is 2.72. The van der Waals surface area contributed by atoms with Crippen molar-refractivity contribution >= 4 is 0 Å². The average molecular weight is 157 g/mol. The Kier molecular flexibility index (Phi) is 2.55. The third kappa shape index (κ3) is 3.73. The topological polar surface area (TPSA) is 32.3 Å². The van der Waals surface area contributed by atoms with Crippen LogP contribution >= 0.6 is 0 Å². The standard InChI is InChI=1S/C9H19NO/c1-7(8-4-5-8)10-6-9(2,3)11/h7-8,10-11H,4-6H2,1-3H3/t7-/m1/s1. The molecule has 2 N–H and O–H groups in total. The zero-order valence-electron chi connectivity index (χ0n) is 7.72. The fourth-order valence-electron chi connectivity index (χ4n) is 1.17. The monoisotopic (exact) mass is 157 g/mol. The van der Waals surface area contributed by atoms with E-state index < -0.39 is 5.60 Å². The van der Waals surface area contributed by atoms with Gasteiger partial charge < -0.3 is 10.4 Å². The highest BCUT2D eigenvalue weighted by atomic mass is 16.3. The van der Waals surface area contributed by atoms with Crippen LogP contribution < -0.4 is 5.32 Å². The maximum Gasteiger partial charge on any atom is 0.0715 e. The molecule has 1 atom stereocenters. The summed E-state index contributed by atoms with van der Waals surface area (Å²) in [5, 5.41) is 12.7. The second-order valence-corrected chi connectivity index (χ2v) is 4.32. The fourth-order valence-corrected chi connectivity index (χ4v) is 1.17. The van der Waals surface area contributed by atoms with Gasteiger partial charge in [0.15, 0.2) is 0 Å². The van der Waals surface area contributed by atoms with E-state index in [4.69, 9.17) is 0 Å². The molecule has 11 heavy (non-hydrogen) atoms. The minimum atomic E-state index is -0.566. The quantitative estimate of drug-likeness (QED) is 0.641. The smallest absolute Gasteiger partial charge is 0.0715 e. The van der Waals surface area contributed by atoms with Crippen molar-refractivity contribution in [3.8, 4) is 0 Å². The van der Waals surface area contributed by atoms with Crippen LogP contribution in [0.1, 0.15) is 33.6 Å². The molecule has 0 aliphatic heterocycles. The van der Waals surface area contributed by atoms with Crippen LogP contribution in [0.3, 0.4) is 0 Å². The Morgan fingerprint density at radius 1 is 1.55 bits per heavy atom. The molecule has 0 aromatic carbocycles. The number of hydrogen-bond donors (Lipinski definition) is 2. The van der Waals surface area contributed by atoms with E-state index in [1.807, 2.05) is 13.8 Å². The van der Waals surface area contributed by atoms with Crippen molar-refractivity contribution < 1.29 is 5.11 Å². The average Bonchev–Trinajstić information content (AvgIpc) is 2.61. The van der Waals surface area contributed by atoms with E-state index in [1.54, 1.807) is 0 Å². The third-order valence-electron chi connectivity index (χ3n) is 2.19. The maximum absolute atomic E-state index is 9.41. The van der Waals surface area contributed by atoms with Crippen LogP contribution in [0.25, 0.3) is 0 Å². The van der Waals surface area contributed by atoms with Crippen LogP contribution in [0.2, 0.25) is 0 Å². The normalized spacial score (nSPS) is 21.8. The lowest BCUT2D eigenvalue weighted by atomic mass is 10.1. The lowest BCUT2D eigenvalue weighted by Crippen LogP contribution is -2.40. The van der Waals surface area contributed by atoms with Crippen molar-refractivity contribution in [3.63, 3.8) is 0 Å². The van der Waals surface area contributed by atoms with E-state index in [1.165, 1.54) is 12.8 Å². The van der Waals surface area contributed by atoms with Crippen LogP contribution in [0.15, 0.2) is 0 Å². The first-order chi connectivity index (χ1) is 4.99. The molecule has 0 aromatic heterocycles. The zero-order valence-corrected chi connectivity index (χ0v) is 7.72. The Morgan fingerprint density at radius 3 is 2.45 bits per heavy atom. The Morgan fingerprint density at radius 2 is 2.09 bits per heavy atom. The Labute approximate surface area is 69.0 Å². The molecule has 0 saturated heterocycles. The van der Waals surface area contributed by atoms with Crippen LogP contribution in [-0.2, 0) is 0 Å². The molecule has 1 fully saturated rings. The van der Waals surface area contributed by atoms with Gasteiger partial charge in [-0.3, -0.25) is 0 Å². The van der Waals surface area contributed by atoms with Crippen LogP contribution in [0.4, 0.5) is 0 Å². The van der Waals surface area contributed by atoms with Crippen molar-refractivity contribution in [1.29, 1.82) is 0 Å². The molecule has 0 radical (unpaired) electrons. The van der Waals surface area contributed by atoms with Gasteiger partial charge >= 0.3 is 0 Å². The van der Waals surface area contributed by atoms with Crippen molar-refractivity contribution in [2.75, 3.05) is 6.54 Å². The van der Waals surface area contributed by atoms with Crippen LogP contribution in [-0.4, -0.2) is 23.3 Å². The predicted molar refractivity (Wildman–Crippen MR) is 46.5 cm³/mol. The zero-order chi connectivity index (χ0) is 8.48. The molecule has 0 amide bonds. The van der Waals surface area contributed by atoms with Crippen molar-refractivity contribution in [3.05, 3.63) is 0 Å². The lowest BCUT2D eigenvalue weighted by Gasteiger charge is -2.21. The van der Waals surface area contributed by atoms with E-state index in [2.05, 4.69) is 12.2 Å². The van der Waals surface area contributed by atoms with Crippen molar-refractivity contribution in [2.24, 2.45) is 5.92 Å². The van der Waals surface area contributed by atoms with Gasteiger partial charge in [-0.25, -0.2) is 0 Å². The van der Waals surface area contributed by atoms with E-state index in [0.717, 1.165) is 5.92 Å². The molecule has 1 rings (SSSR count). The minimum absolute atomic E-state index is 0.566. The Bertz CT molecular complexity index is 124. The van der Waals surface area contributed by atoms with Gasteiger partial charge in [-0.1, -0.05) is 0 Å². The summed E-state index contributed by atoms with van der Waals surface area (Å²) in [4.78, 5) is 0. The molecule has 1 aliphatic rings. The van der Waals surface area contributed by atoms with Gasteiger partial charge in [-0.2, -0.15) is 0 Å². The molecule has 2 nitrogen and oxygen atoms in total. The molecule has 1 aliphatic carbocycles. The molecule has 0 spiro atoms. The van der Waals surface area contributed by atoms with E-state index in [0.29, 0.717) is 12.6 Å². The van der Waals surface area contributed by atoms with Crippen LogP contribution in [0.5, 0.6) is 0 Å². The molecule has 66 valence electrons. The molecular weight excluding hydrogens is 138 g/mol. The number of aliphatic hydroxyl groups is 1. The molecular formula is C9H19NO. The van der Waals surface area contributed by atoms with Gasteiger partial charge in [0, 0.05) is 12.6 Å². The summed E-state index contributed by atoms with van der Waals surface area (Å²) < 4.78 is 0. The van der Waals surface area contributed by atoms with Crippen LogP contribution in [0, 0.1) is 5.92 Å². The van der Waals surface area contributed by atoms with Crippen molar-refractivity contribution in [1.82, 2.24) is 5.32 Å². The Balaban J connectivity index is 2.10. The molecule has 0 heterocycles. The second kappa shape index (κ2) is 3.11. The number of hydrogen-bond acceptors (Lipinski definition) is 2. The summed E-state index contributed by atoms with van der Waals surface area (Å²) in [5.41, 5.74) is -0.566. The SMILES string of the molecule is C[C@@H](NCC(C)(C)O)C1CC1. The van der Waals surface area contributed by atoms with Gasteiger partial charge in [-0.05, 0) is 39.5 Å². The Hall–Kier alpha value is -0.0800. The highest BCUT2D eigenvalue weighted by Gasteiger charge is 2.28. The van der Waals surface area contributed by atoms with E-state index in [-0.39, 0.29) is 0 Å². The first-order valence-corrected chi connectivity index (χ1v) is 4.45. The molecule has 1 saturated carbocycles. The number of nitrogens with one attached hydrogen (secondary N) is 1. The summed E-state index contributed by atoms with van der Waals surface area (Å²) in [7, 11) is 0. The van der Waals surface area contributed by atoms with Gasteiger partial charge in [0.1, 0.15) is 0 Å². The summed E-state index contributed by atoms with van der Waals surface area (Å²) in [6, 6.07) is 0.585. The molecule has 0 aromatic rings. The molecule has 0 bridgehead atoms. The fraction of sp³-hybridized carbons (Fsp3) is 1.00. The van der Waals surface area contributed by atoms with Gasteiger partial charge in [0.25, 0.3) is 0 Å². The first kappa shape index (κ1) is 9.01. The molecule has 0 unspecified atom stereocenters. The highest BCUT2D eigenvalue weighted by molar-refractivity contribution is 4.84. The van der Waals surface area contributed by atoms with Crippen molar-refractivity contribution in [2.45, 2.75) is 45.3 Å². The van der Waals surface area contributed by atoms with E-state index in [9.17, 15) is 5.11 Å². The summed E-state index contributed by atoms with van der Waals surface area (Å²) >= 11 is 0. The maximum atomic E-state index is 9.41. The minimum Gasteiger partial charge on any atom is -0.389 e. The van der Waals surface area contributed by atoms with E-state index >= 15 is 0 Å². The molecule has 2 heteroatoms. The van der Waals surface area contributed by atoms with Gasteiger partial charge in [0.2, 0.25) is 0 Å². The summed E-state index contributed by atoms with van der Waals surface area (Å²) in [5.74, 6) is 0.873. The predicted octanol–water partition coefficient (Wildman–Crippen LogP) is 1.15. The lowest BCUT2D eigenvalue weighted by molar-refractivity contribution is 0.0762. The third-order valence-corrected chi connectivity index (χ3v) is 2.19. The number of rotatable bonds is 4. The highest BCUT2D eigenvalue weighted by Crippen LogP contribution is 2.32. The van der Waals surface area contributed by atoms with Gasteiger partial charge in [0.05, 0.1) is 5.60 Å². The van der Waals surface area contributed by atoms with Gasteiger partial charge in [-0.15, -0.1) is 0 Å². The summed E-state index contributed by atoms with van der Waals surface area (Å²) in [6.45, 7) is 6.56. The first-order valence-electron chi connectivity index (χ1n) is 4.45. The largest absolute Gasteiger partial charge is 0.389 e.